The highest BCUT2D eigenvalue weighted by molar-refractivity contribution is 9.11. The molecule has 2 amide bonds. The van der Waals surface area contributed by atoms with Crippen LogP contribution in [0.5, 0.6) is 0 Å². The van der Waals surface area contributed by atoms with Gasteiger partial charge in [-0.05, 0) is 62.2 Å². The Balaban J connectivity index is 1.39. The van der Waals surface area contributed by atoms with Crippen molar-refractivity contribution in [2.75, 3.05) is 25.0 Å². The number of aromatic nitrogens is 3. The monoisotopic (exact) mass is 504 g/mol. The van der Waals surface area contributed by atoms with Crippen LogP contribution >= 0.6 is 27.3 Å². The molecule has 0 saturated carbocycles. The number of amides is 2. The van der Waals surface area contributed by atoms with E-state index in [-0.39, 0.29) is 17.4 Å². The van der Waals surface area contributed by atoms with Gasteiger partial charge in [-0.1, -0.05) is 0 Å². The van der Waals surface area contributed by atoms with Crippen molar-refractivity contribution in [1.82, 2.24) is 24.8 Å². The normalized spacial score (nSPS) is 16.0. The molecule has 1 aliphatic rings. The van der Waals surface area contributed by atoms with E-state index in [1.165, 1.54) is 30.4 Å². The molecule has 4 rings (SSSR count). The van der Waals surface area contributed by atoms with Crippen molar-refractivity contribution in [3.63, 3.8) is 0 Å². The first-order chi connectivity index (χ1) is 14.7. The number of pyridine rings is 1. The number of hydrogen-bond donors (Lipinski definition) is 2. The van der Waals surface area contributed by atoms with Crippen molar-refractivity contribution in [2.24, 2.45) is 0 Å². The number of aryl methyl sites for hydroxylation is 1. The van der Waals surface area contributed by atoms with Gasteiger partial charge in [0.25, 0.3) is 11.8 Å². The van der Waals surface area contributed by atoms with Crippen LogP contribution in [0.15, 0.2) is 28.3 Å². The number of nitrogens with zero attached hydrogens (tertiary/aromatic N) is 4. The van der Waals surface area contributed by atoms with Crippen LogP contribution in [0, 0.1) is 6.92 Å². The molecular weight excluding hydrogens is 480 g/mol. The quantitative estimate of drug-likeness (QED) is 0.533. The van der Waals surface area contributed by atoms with Crippen LogP contribution in [0.1, 0.15) is 53.2 Å². The number of likely N-dealkylation sites (tertiary alicyclic amines) is 1. The van der Waals surface area contributed by atoms with E-state index in [4.69, 9.17) is 0 Å². The second-order valence-corrected chi connectivity index (χ2v) is 10.8. The summed E-state index contributed by atoms with van der Waals surface area (Å²) < 4.78 is 2.59. The Hall–Kier alpha value is -2.30. The fourth-order valence-electron chi connectivity index (χ4n) is 3.83. The van der Waals surface area contributed by atoms with E-state index < -0.39 is 0 Å². The van der Waals surface area contributed by atoms with Gasteiger partial charge in [-0.25, -0.2) is 4.52 Å². The van der Waals surface area contributed by atoms with E-state index in [1.807, 2.05) is 0 Å². The van der Waals surface area contributed by atoms with E-state index in [0.29, 0.717) is 29.2 Å². The lowest BCUT2D eigenvalue weighted by Crippen LogP contribution is -2.43. The lowest BCUT2D eigenvalue weighted by Gasteiger charge is -2.31. The topological polar surface area (TPSA) is 91.6 Å². The Morgan fingerprint density at radius 3 is 2.81 bits per heavy atom. The molecule has 31 heavy (non-hydrogen) atoms. The van der Waals surface area contributed by atoms with Gasteiger partial charge < -0.3 is 10.6 Å². The minimum atomic E-state index is -0.342. The molecule has 3 aromatic heterocycles. The number of nitrogens with one attached hydrogen (secondary N) is 2. The summed E-state index contributed by atoms with van der Waals surface area (Å²) in [5.41, 5.74) is 2.03. The number of rotatable bonds is 6. The first kappa shape index (κ1) is 21.9. The number of halogens is 1. The first-order valence-corrected chi connectivity index (χ1v) is 11.8. The number of carbonyl (C=O) groups excluding carboxylic acids is 2. The van der Waals surface area contributed by atoms with Crippen molar-refractivity contribution in [1.29, 1.82) is 0 Å². The van der Waals surface area contributed by atoms with Crippen LogP contribution in [0.3, 0.4) is 0 Å². The summed E-state index contributed by atoms with van der Waals surface area (Å²) >= 11 is 4.89. The van der Waals surface area contributed by atoms with Crippen molar-refractivity contribution in [2.45, 2.75) is 39.2 Å². The maximum absolute atomic E-state index is 12.7. The summed E-state index contributed by atoms with van der Waals surface area (Å²) in [6.45, 7) is 8.71. The second-order valence-electron chi connectivity index (χ2n) is 8.32. The summed E-state index contributed by atoms with van der Waals surface area (Å²) in [5.74, 6) is -0.543. The maximum atomic E-state index is 12.7. The largest absolute Gasteiger partial charge is 0.351 e. The molecule has 4 heterocycles. The maximum Gasteiger partial charge on any atom is 0.276 e. The average Bonchev–Trinajstić information content (AvgIpc) is 3.35. The van der Waals surface area contributed by atoms with E-state index in [1.54, 1.807) is 29.8 Å². The third kappa shape index (κ3) is 4.81. The number of hydrogen-bond acceptors (Lipinski definition) is 6. The molecule has 1 aliphatic heterocycles. The predicted octanol–water partition coefficient (Wildman–Crippen LogP) is 3.72. The lowest BCUT2D eigenvalue weighted by molar-refractivity contribution is 0.0938. The Morgan fingerprint density at radius 1 is 1.29 bits per heavy atom. The van der Waals surface area contributed by atoms with Crippen molar-refractivity contribution in [3.05, 3.63) is 45.3 Å². The Labute approximate surface area is 193 Å². The fraction of sp³-hybridized carbons (Fsp3) is 0.429. The molecule has 0 unspecified atom stereocenters. The lowest BCUT2D eigenvalue weighted by atomic mass is 10.0. The molecule has 0 atom stereocenters. The molecule has 0 aliphatic carbocycles. The highest BCUT2D eigenvalue weighted by atomic mass is 79.9. The fourth-order valence-corrected chi connectivity index (χ4v) is 5.24. The summed E-state index contributed by atoms with van der Waals surface area (Å²) in [6.07, 6.45) is 5.71. The molecule has 3 aromatic rings. The van der Waals surface area contributed by atoms with Gasteiger partial charge >= 0.3 is 0 Å². The third-order valence-corrected chi connectivity index (χ3v) is 7.20. The van der Waals surface area contributed by atoms with Gasteiger partial charge in [0, 0.05) is 30.9 Å². The molecular formula is C21H25BrN6O2S. The van der Waals surface area contributed by atoms with Crippen molar-refractivity contribution < 1.29 is 9.59 Å². The molecule has 2 N–H and O–H groups in total. The van der Waals surface area contributed by atoms with Crippen molar-refractivity contribution in [3.8, 4) is 0 Å². The van der Waals surface area contributed by atoms with Crippen LogP contribution in [-0.2, 0) is 0 Å². The summed E-state index contributed by atoms with van der Waals surface area (Å²) in [7, 11) is 0. The number of carbonyl (C=O) groups is 2. The third-order valence-electron chi connectivity index (χ3n) is 5.70. The van der Waals surface area contributed by atoms with E-state index in [0.717, 1.165) is 21.7 Å². The van der Waals surface area contributed by atoms with E-state index in [9.17, 15) is 9.59 Å². The first-order valence-electron chi connectivity index (χ1n) is 10.2. The Morgan fingerprint density at radius 2 is 2.10 bits per heavy atom. The average molecular weight is 505 g/mol. The van der Waals surface area contributed by atoms with Gasteiger partial charge in [0.05, 0.1) is 26.9 Å². The molecule has 1 saturated heterocycles. The summed E-state index contributed by atoms with van der Waals surface area (Å²) in [4.78, 5) is 32.8. The van der Waals surface area contributed by atoms with Crippen LogP contribution in [0.4, 0.5) is 5.69 Å². The molecule has 8 nitrogen and oxygen atoms in total. The molecule has 0 bridgehead atoms. The molecule has 1 fully saturated rings. The SMILES string of the molecule is Cc1ncc(C(=O)NCCN2CCCC2(C)C)cc1NC(=O)c1cc2sc(Br)cn2n1. The Bertz CT molecular complexity index is 1110. The zero-order chi connectivity index (χ0) is 22.2. The molecule has 0 radical (unpaired) electrons. The smallest absolute Gasteiger partial charge is 0.276 e. The van der Waals surface area contributed by atoms with E-state index >= 15 is 0 Å². The highest BCUT2D eigenvalue weighted by Gasteiger charge is 2.31. The standard InChI is InChI=1S/C21H25BrN6O2S/c1-13-15(25-20(30)16-10-18-28(26-16)12-17(22)31-18)9-14(11-24-13)19(29)23-6-8-27-7-4-5-21(27,2)3/h9-12H,4-8H2,1-3H3,(H,23,29)(H,25,30). The van der Waals surface area contributed by atoms with Crippen LogP contribution in [0.2, 0.25) is 0 Å². The van der Waals surface area contributed by atoms with Gasteiger partial charge in [0.1, 0.15) is 4.83 Å². The zero-order valence-corrected chi connectivity index (χ0v) is 20.1. The molecule has 164 valence electrons. The molecule has 0 aromatic carbocycles. The number of fused-ring (bicyclic) bond motifs is 1. The van der Waals surface area contributed by atoms with Gasteiger partial charge in [-0.15, -0.1) is 11.3 Å². The molecule has 10 heteroatoms. The van der Waals surface area contributed by atoms with Gasteiger partial charge in [-0.3, -0.25) is 19.5 Å². The van der Waals surface area contributed by atoms with Gasteiger partial charge in [0.15, 0.2) is 5.69 Å². The van der Waals surface area contributed by atoms with Gasteiger partial charge in [-0.2, -0.15) is 5.10 Å². The van der Waals surface area contributed by atoms with Crippen LogP contribution < -0.4 is 10.6 Å². The minimum Gasteiger partial charge on any atom is -0.351 e. The second kappa shape index (κ2) is 8.68. The highest BCUT2D eigenvalue weighted by Crippen LogP contribution is 2.27. The van der Waals surface area contributed by atoms with E-state index in [2.05, 4.69) is 55.4 Å². The number of thiazole rings is 1. The summed E-state index contributed by atoms with van der Waals surface area (Å²) in [5, 5.41) is 10.1. The van der Waals surface area contributed by atoms with Crippen LogP contribution in [-0.4, -0.2) is 56.5 Å². The predicted molar refractivity (Wildman–Crippen MR) is 125 cm³/mol. The summed E-state index contributed by atoms with van der Waals surface area (Å²) in [6, 6.07) is 3.38. The minimum absolute atomic E-state index is 0.186. The Kier molecular flexibility index (Phi) is 6.14. The van der Waals surface area contributed by atoms with Crippen LogP contribution in [0.25, 0.3) is 4.83 Å². The zero-order valence-electron chi connectivity index (χ0n) is 17.7. The van der Waals surface area contributed by atoms with Crippen molar-refractivity contribution >= 4 is 49.6 Å². The number of anilines is 1. The molecule has 0 spiro atoms. The van der Waals surface area contributed by atoms with Gasteiger partial charge in [0.2, 0.25) is 0 Å².